The average Bonchev–Trinajstić information content (AvgIpc) is 2.85. The second-order valence-corrected chi connectivity index (χ2v) is 17.3. The van der Waals surface area contributed by atoms with E-state index in [0.29, 0.717) is 5.92 Å². The molecule has 0 radical (unpaired) electrons. The Labute approximate surface area is 217 Å². The van der Waals surface area contributed by atoms with Crippen molar-refractivity contribution >= 4 is 13.3 Å². The summed E-state index contributed by atoms with van der Waals surface area (Å²) in [6.07, 6.45) is 15.1. The number of ether oxygens (including phenoxy) is 3. The normalized spacial score (nSPS) is 23.5. The van der Waals surface area contributed by atoms with Gasteiger partial charge in [0.2, 0.25) is 0 Å². The summed E-state index contributed by atoms with van der Waals surface area (Å²) in [6.45, 7) is 14.5. The molecule has 4 heteroatoms. The maximum Gasteiger partial charge on any atom is 0.162 e. The SMILES string of the molecule is CCCCCC1CCC(c2ccc([Si](C)(C)CCCCCOCC3COC(C)(C)OC3)cc2)CC1. The van der Waals surface area contributed by atoms with Gasteiger partial charge in [0.05, 0.1) is 27.9 Å². The fraction of sp³-hybridized carbons (Fsp3) is 0.806. The van der Waals surface area contributed by atoms with Gasteiger partial charge in [-0.3, -0.25) is 0 Å². The molecule has 0 aromatic heterocycles. The first-order valence-electron chi connectivity index (χ1n) is 14.7. The van der Waals surface area contributed by atoms with Crippen molar-refractivity contribution in [3.8, 4) is 0 Å². The number of unbranched alkanes of at least 4 members (excludes halogenated alkanes) is 4. The van der Waals surface area contributed by atoms with Crippen LogP contribution in [0.4, 0.5) is 0 Å². The van der Waals surface area contributed by atoms with Crippen molar-refractivity contribution in [1.82, 2.24) is 0 Å². The van der Waals surface area contributed by atoms with Crippen molar-refractivity contribution in [1.29, 1.82) is 0 Å². The fourth-order valence-electron chi connectivity index (χ4n) is 5.84. The molecule has 0 amide bonds. The van der Waals surface area contributed by atoms with Crippen molar-refractivity contribution in [2.45, 2.75) is 122 Å². The zero-order valence-electron chi connectivity index (χ0n) is 23.6. The van der Waals surface area contributed by atoms with E-state index in [2.05, 4.69) is 44.3 Å². The van der Waals surface area contributed by atoms with Gasteiger partial charge < -0.3 is 14.2 Å². The molecular formula is C31H54O3Si. The third kappa shape index (κ3) is 9.95. The van der Waals surface area contributed by atoms with Gasteiger partial charge in [0.15, 0.2) is 5.79 Å². The topological polar surface area (TPSA) is 27.7 Å². The van der Waals surface area contributed by atoms with Crippen LogP contribution in [0, 0.1) is 11.8 Å². The minimum Gasteiger partial charge on any atom is -0.381 e. The Hall–Kier alpha value is -0.683. The lowest BCUT2D eigenvalue weighted by molar-refractivity contribution is -0.266. The maximum absolute atomic E-state index is 5.91. The van der Waals surface area contributed by atoms with Crippen molar-refractivity contribution in [2.75, 3.05) is 26.4 Å². The van der Waals surface area contributed by atoms with E-state index < -0.39 is 13.9 Å². The highest BCUT2D eigenvalue weighted by molar-refractivity contribution is 6.89. The molecular weight excluding hydrogens is 448 g/mol. The number of hydrogen-bond donors (Lipinski definition) is 0. The van der Waals surface area contributed by atoms with Gasteiger partial charge in [-0.15, -0.1) is 0 Å². The van der Waals surface area contributed by atoms with Crippen LogP contribution in [0.15, 0.2) is 24.3 Å². The first kappa shape index (κ1) is 28.9. The summed E-state index contributed by atoms with van der Waals surface area (Å²) in [6, 6.07) is 11.3. The summed E-state index contributed by atoms with van der Waals surface area (Å²) >= 11 is 0. The van der Waals surface area contributed by atoms with Crippen molar-refractivity contribution < 1.29 is 14.2 Å². The van der Waals surface area contributed by atoms with Crippen LogP contribution in [0.2, 0.25) is 19.1 Å². The molecule has 1 aliphatic carbocycles. The van der Waals surface area contributed by atoms with E-state index in [1.807, 2.05) is 13.8 Å². The third-order valence-corrected chi connectivity index (χ3v) is 12.0. The Morgan fingerprint density at radius 3 is 2.20 bits per heavy atom. The molecule has 1 aliphatic heterocycles. The van der Waals surface area contributed by atoms with E-state index in [-0.39, 0.29) is 0 Å². The van der Waals surface area contributed by atoms with E-state index in [1.165, 1.54) is 70.3 Å². The molecule has 3 rings (SSSR count). The minimum atomic E-state index is -1.36. The molecule has 1 saturated carbocycles. The standard InChI is InChI=1S/C31H54O3Si/c1-6-7-9-12-26-13-15-28(16-14-26)29-17-19-30(20-18-29)35(4,5)22-11-8-10-21-32-23-27-24-33-31(2,3)34-25-27/h17-20,26-28H,6-16,21-25H2,1-5H3. The van der Waals surface area contributed by atoms with Crippen LogP contribution in [0.1, 0.15) is 103 Å². The summed E-state index contributed by atoms with van der Waals surface area (Å²) in [5.41, 5.74) is 1.60. The zero-order chi connectivity index (χ0) is 25.2. The predicted octanol–water partition coefficient (Wildman–Crippen LogP) is 8.04. The molecule has 200 valence electrons. The average molecular weight is 503 g/mol. The summed E-state index contributed by atoms with van der Waals surface area (Å²) in [4.78, 5) is 0. The Morgan fingerprint density at radius 2 is 1.54 bits per heavy atom. The van der Waals surface area contributed by atoms with Crippen molar-refractivity contribution in [2.24, 2.45) is 11.8 Å². The zero-order valence-corrected chi connectivity index (χ0v) is 24.6. The highest BCUT2D eigenvalue weighted by Crippen LogP contribution is 2.37. The van der Waals surface area contributed by atoms with Crippen molar-refractivity contribution in [3.05, 3.63) is 29.8 Å². The third-order valence-electron chi connectivity index (χ3n) is 8.50. The first-order chi connectivity index (χ1) is 16.8. The van der Waals surface area contributed by atoms with E-state index in [4.69, 9.17) is 14.2 Å². The maximum atomic E-state index is 5.91. The molecule has 0 unspecified atom stereocenters. The lowest BCUT2D eigenvalue weighted by Crippen LogP contribution is -2.41. The second-order valence-electron chi connectivity index (χ2n) is 12.5. The molecule has 1 aromatic rings. The van der Waals surface area contributed by atoms with Crippen LogP contribution < -0.4 is 5.19 Å². The second kappa shape index (κ2) is 14.3. The Bertz CT molecular complexity index is 696. The highest BCUT2D eigenvalue weighted by Gasteiger charge is 2.28. The molecule has 2 fully saturated rings. The van der Waals surface area contributed by atoms with Crippen LogP contribution in [0.25, 0.3) is 0 Å². The van der Waals surface area contributed by atoms with E-state index in [0.717, 1.165) is 44.7 Å². The van der Waals surface area contributed by atoms with Crippen LogP contribution in [0.5, 0.6) is 0 Å². The lowest BCUT2D eigenvalue weighted by Gasteiger charge is -2.34. The molecule has 3 nitrogen and oxygen atoms in total. The predicted molar refractivity (Wildman–Crippen MR) is 151 cm³/mol. The summed E-state index contributed by atoms with van der Waals surface area (Å²) in [5, 5.41) is 1.63. The molecule has 1 aromatic carbocycles. The smallest absolute Gasteiger partial charge is 0.162 e. The number of hydrogen-bond acceptors (Lipinski definition) is 3. The fourth-order valence-corrected chi connectivity index (χ4v) is 8.33. The Balaban J connectivity index is 1.29. The van der Waals surface area contributed by atoms with Crippen LogP contribution >= 0.6 is 0 Å². The molecule has 0 atom stereocenters. The Morgan fingerprint density at radius 1 is 0.857 bits per heavy atom. The van der Waals surface area contributed by atoms with Gasteiger partial charge in [0.1, 0.15) is 0 Å². The Kier molecular flexibility index (Phi) is 11.8. The van der Waals surface area contributed by atoms with Crippen LogP contribution in [-0.4, -0.2) is 40.3 Å². The lowest BCUT2D eigenvalue weighted by atomic mass is 9.77. The van der Waals surface area contributed by atoms with E-state index in [9.17, 15) is 0 Å². The molecule has 1 heterocycles. The van der Waals surface area contributed by atoms with E-state index >= 15 is 0 Å². The van der Waals surface area contributed by atoms with Gasteiger partial charge >= 0.3 is 0 Å². The minimum absolute atomic E-state index is 0.373. The van der Waals surface area contributed by atoms with Crippen LogP contribution in [-0.2, 0) is 14.2 Å². The molecule has 0 N–H and O–H groups in total. The highest BCUT2D eigenvalue weighted by atomic mass is 28.3. The van der Waals surface area contributed by atoms with Gasteiger partial charge in [-0.05, 0) is 63.4 Å². The number of rotatable bonds is 14. The summed E-state index contributed by atoms with van der Waals surface area (Å²) in [7, 11) is -1.36. The van der Waals surface area contributed by atoms with Gasteiger partial charge in [0, 0.05) is 12.5 Å². The molecule has 0 bridgehead atoms. The monoisotopic (exact) mass is 502 g/mol. The quantitative estimate of drug-likeness (QED) is 0.190. The van der Waals surface area contributed by atoms with Crippen LogP contribution in [0.3, 0.4) is 0 Å². The first-order valence-corrected chi connectivity index (χ1v) is 18.0. The molecule has 35 heavy (non-hydrogen) atoms. The van der Waals surface area contributed by atoms with Gasteiger partial charge in [0.25, 0.3) is 0 Å². The van der Waals surface area contributed by atoms with E-state index in [1.54, 1.807) is 10.8 Å². The molecule has 1 saturated heterocycles. The summed E-state index contributed by atoms with van der Waals surface area (Å²) in [5.74, 6) is 1.74. The largest absolute Gasteiger partial charge is 0.381 e. The van der Waals surface area contributed by atoms with Gasteiger partial charge in [-0.2, -0.15) is 0 Å². The summed E-state index contributed by atoms with van der Waals surface area (Å²) < 4.78 is 17.3. The van der Waals surface area contributed by atoms with Gasteiger partial charge in [-0.25, -0.2) is 0 Å². The van der Waals surface area contributed by atoms with Gasteiger partial charge in [-0.1, -0.05) is 94.0 Å². The number of benzene rings is 1. The molecule has 0 spiro atoms. The molecule has 2 aliphatic rings. The van der Waals surface area contributed by atoms with Crippen molar-refractivity contribution in [3.63, 3.8) is 0 Å².